The molecular weight excluding hydrogens is 274 g/mol. The number of hydrogen-bond acceptors (Lipinski definition) is 2. The molecule has 2 rings (SSSR count). The van der Waals surface area contributed by atoms with Gasteiger partial charge in [0.15, 0.2) is 0 Å². The topological polar surface area (TPSA) is 40.5 Å². The minimum absolute atomic E-state index is 0.118. The van der Waals surface area contributed by atoms with Gasteiger partial charge >= 0.3 is 5.97 Å². The molecule has 0 saturated heterocycles. The lowest BCUT2D eigenvalue weighted by atomic mass is 9.83. The number of carbonyl (C=O) groups is 1. The summed E-state index contributed by atoms with van der Waals surface area (Å²) in [5, 5.41) is 10.1. The first kappa shape index (κ1) is 15.3. The molecule has 1 aliphatic carbocycles. The molecule has 0 spiro atoms. The van der Waals surface area contributed by atoms with E-state index in [2.05, 4.69) is 11.8 Å². The molecule has 3 atom stereocenters. The van der Waals surface area contributed by atoms with Crippen molar-refractivity contribution in [2.75, 3.05) is 7.05 Å². The molecule has 1 fully saturated rings. The van der Waals surface area contributed by atoms with Gasteiger partial charge in [0.05, 0.1) is 5.92 Å². The zero-order valence-electron chi connectivity index (χ0n) is 12.1. The molecule has 1 aromatic rings. The second kappa shape index (κ2) is 6.59. The van der Waals surface area contributed by atoms with Crippen LogP contribution in [0, 0.1) is 5.92 Å². The molecule has 1 aromatic carbocycles. The zero-order valence-corrected chi connectivity index (χ0v) is 12.8. The van der Waals surface area contributed by atoms with Crippen LogP contribution in [0.25, 0.3) is 0 Å². The van der Waals surface area contributed by atoms with Gasteiger partial charge in [0.2, 0.25) is 0 Å². The van der Waals surface area contributed by atoms with Crippen molar-refractivity contribution in [3.8, 4) is 0 Å². The smallest absolute Gasteiger partial charge is 0.308 e. The number of carboxylic acid groups (broad SMARTS) is 1. The van der Waals surface area contributed by atoms with Crippen LogP contribution in [-0.4, -0.2) is 29.1 Å². The van der Waals surface area contributed by atoms with Gasteiger partial charge in [-0.1, -0.05) is 36.6 Å². The third-order valence-corrected chi connectivity index (χ3v) is 4.79. The van der Waals surface area contributed by atoms with Gasteiger partial charge in [0, 0.05) is 17.1 Å². The molecule has 1 aliphatic rings. The predicted octanol–water partition coefficient (Wildman–Crippen LogP) is 3.98. The van der Waals surface area contributed by atoms with E-state index in [4.69, 9.17) is 11.6 Å². The number of benzene rings is 1. The lowest BCUT2D eigenvalue weighted by molar-refractivity contribution is -0.145. The maximum absolute atomic E-state index is 11.4. The van der Waals surface area contributed by atoms with Crippen LogP contribution in [0.2, 0.25) is 5.02 Å². The summed E-state index contributed by atoms with van der Waals surface area (Å²) in [7, 11) is 2.03. The summed E-state index contributed by atoms with van der Waals surface area (Å²) in [6, 6.07) is 8.11. The van der Waals surface area contributed by atoms with E-state index >= 15 is 0 Å². The summed E-state index contributed by atoms with van der Waals surface area (Å²) in [5.41, 5.74) is 1.17. The molecule has 0 aromatic heterocycles. The van der Waals surface area contributed by atoms with E-state index in [0.29, 0.717) is 0 Å². The molecule has 0 radical (unpaired) electrons. The Bertz CT molecular complexity index is 460. The number of halogens is 1. The van der Waals surface area contributed by atoms with Gasteiger partial charge in [-0.3, -0.25) is 9.69 Å². The van der Waals surface area contributed by atoms with Gasteiger partial charge in [-0.2, -0.15) is 0 Å². The largest absolute Gasteiger partial charge is 0.481 e. The van der Waals surface area contributed by atoms with Crippen LogP contribution in [0.3, 0.4) is 0 Å². The standard InChI is InChI=1S/C16H22ClNO2/c1-11(12-7-9-13(17)10-8-12)18(2)15-6-4-3-5-14(15)16(19)20/h7-11,14-15H,3-6H2,1-2H3,(H,19,20). The van der Waals surface area contributed by atoms with Crippen LogP contribution in [0.15, 0.2) is 24.3 Å². The zero-order chi connectivity index (χ0) is 14.7. The first-order valence-electron chi connectivity index (χ1n) is 7.21. The quantitative estimate of drug-likeness (QED) is 0.913. The summed E-state index contributed by atoms with van der Waals surface area (Å²) in [4.78, 5) is 13.6. The van der Waals surface area contributed by atoms with E-state index in [-0.39, 0.29) is 18.0 Å². The Balaban J connectivity index is 2.13. The summed E-state index contributed by atoms with van der Waals surface area (Å²) in [6.07, 6.45) is 3.89. The maximum Gasteiger partial charge on any atom is 0.308 e. The Morgan fingerprint density at radius 1 is 1.30 bits per heavy atom. The Morgan fingerprint density at radius 2 is 1.90 bits per heavy atom. The van der Waals surface area contributed by atoms with Crippen molar-refractivity contribution < 1.29 is 9.90 Å². The molecule has 20 heavy (non-hydrogen) atoms. The number of aliphatic carboxylic acids is 1. The third kappa shape index (κ3) is 3.33. The molecule has 0 amide bonds. The Kier molecular flexibility index (Phi) is 5.06. The van der Waals surface area contributed by atoms with E-state index in [9.17, 15) is 9.90 Å². The molecular formula is C16H22ClNO2. The highest BCUT2D eigenvalue weighted by Crippen LogP contribution is 2.33. The van der Waals surface area contributed by atoms with Crippen molar-refractivity contribution in [3.05, 3.63) is 34.9 Å². The van der Waals surface area contributed by atoms with Gasteiger partial charge < -0.3 is 5.11 Å². The molecule has 3 unspecified atom stereocenters. The summed E-state index contributed by atoms with van der Waals surface area (Å²) < 4.78 is 0. The monoisotopic (exact) mass is 295 g/mol. The normalized spacial score (nSPS) is 24.6. The van der Waals surface area contributed by atoms with Gasteiger partial charge in [-0.25, -0.2) is 0 Å². The molecule has 3 nitrogen and oxygen atoms in total. The number of hydrogen-bond donors (Lipinski definition) is 1. The van der Waals surface area contributed by atoms with Crippen molar-refractivity contribution in [1.29, 1.82) is 0 Å². The Hall–Kier alpha value is -1.06. The van der Waals surface area contributed by atoms with Gasteiger partial charge in [0.1, 0.15) is 0 Å². The lowest BCUT2D eigenvalue weighted by Gasteiger charge is -2.39. The van der Waals surface area contributed by atoms with Crippen LogP contribution in [0.4, 0.5) is 0 Å². The van der Waals surface area contributed by atoms with Crippen molar-refractivity contribution in [3.63, 3.8) is 0 Å². The number of nitrogens with zero attached hydrogens (tertiary/aromatic N) is 1. The van der Waals surface area contributed by atoms with Crippen LogP contribution in [-0.2, 0) is 4.79 Å². The minimum atomic E-state index is -0.662. The molecule has 1 saturated carbocycles. The van der Waals surface area contributed by atoms with Crippen molar-refractivity contribution in [2.24, 2.45) is 5.92 Å². The second-order valence-electron chi connectivity index (χ2n) is 5.69. The molecule has 4 heteroatoms. The molecule has 1 N–H and O–H groups in total. The van der Waals surface area contributed by atoms with Gasteiger partial charge in [0.25, 0.3) is 0 Å². The summed E-state index contributed by atoms with van der Waals surface area (Å²) in [5.74, 6) is -0.909. The Labute approximate surface area is 125 Å². The van der Waals surface area contributed by atoms with E-state index in [1.54, 1.807) is 0 Å². The van der Waals surface area contributed by atoms with Crippen LogP contribution >= 0.6 is 11.6 Å². The fraction of sp³-hybridized carbons (Fsp3) is 0.562. The fourth-order valence-corrected chi connectivity index (χ4v) is 3.28. The van der Waals surface area contributed by atoms with Gasteiger partial charge in [-0.05, 0) is 44.5 Å². The molecule has 110 valence electrons. The fourth-order valence-electron chi connectivity index (χ4n) is 3.15. The first-order valence-corrected chi connectivity index (χ1v) is 7.58. The van der Waals surface area contributed by atoms with Gasteiger partial charge in [-0.15, -0.1) is 0 Å². The predicted molar refractivity (Wildman–Crippen MR) is 81.0 cm³/mol. The third-order valence-electron chi connectivity index (χ3n) is 4.53. The average molecular weight is 296 g/mol. The van der Waals surface area contributed by atoms with Crippen molar-refractivity contribution in [1.82, 2.24) is 4.90 Å². The van der Waals surface area contributed by atoms with Crippen molar-refractivity contribution in [2.45, 2.75) is 44.7 Å². The maximum atomic E-state index is 11.4. The van der Waals surface area contributed by atoms with Crippen LogP contribution in [0.1, 0.15) is 44.2 Å². The SMILES string of the molecule is CC(c1ccc(Cl)cc1)N(C)C1CCCCC1C(=O)O. The average Bonchev–Trinajstić information content (AvgIpc) is 2.46. The molecule has 0 aliphatic heterocycles. The number of rotatable bonds is 4. The van der Waals surface area contributed by atoms with E-state index in [1.807, 2.05) is 31.3 Å². The highest BCUT2D eigenvalue weighted by Gasteiger charge is 2.35. The number of carboxylic acids is 1. The van der Waals surface area contributed by atoms with E-state index in [0.717, 1.165) is 30.7 Å². The first-order chi connectivity index (χ1) is 9.50. The van der Waals surface area contributed by atoms with E-state index in [1.165, 1.54) is 5.56 Å². The molecule has 0 heterocycles. The summed E-state index contributed by atoms with van der Waals surface area (Å²) in [6.45, 7) is 2.12. The minimum Gasteiger partial charge on any atom is -0.481 e. The molecule has 0 bridgehead atoms. The Morgan fingerprint density at radius 3 is 2.50 bits per heavy atom. The highest BCUT2D eigenvalue weighted by molar-refractivity contribution is 6.30. The summed E-state index contributed by atoms with van der Waals surface area (Å²) >= 11 is 5.92. The lowest BCUT2D eigenvalue weighted by Crippen LogP contribution is -2.44. The van der Waals surface area contributed by atoms with Crippen LogP contribution in [0.5, 0.6) is 0 Å². The van der Waals surface area contributed by atoms with Crippen molar-refractivity contribution >= 4 is 17.6 Å². The van der Waals surface area contributed by atoms with E-state index < -0.39 is 5.97 Å². The second-order valence-corrected chi connectivity index (χ2v) is 6.13. The van der Waals surface area contributed by atoms with Crippen LogP contribution < -0.4 is 0 Å². The highest BCUT2D eigenvalue weighted by atomic mass is 35.5.